The molecule has 2 N–H and O–H groups in total. The molecule has 23 heavy (non-hydrogen) atoms. The molecule has 0 atom stereocenters. The van der Waals surface area contributed by atoms with E-state index in [2.05, 4.69) is 10.6 Å². The van der Waals surface area contributed by atoms with Gasteiger partial charge < -0.3 is 10.1 Å². The van der Waals surface area contributed by atoms with Gasteiger partial charge in [-0.05, 0) is 57.3 Å². The number of para-hydroxylation sites is 2. The third-order valence-electron chi connectivity index (χ3n) is 3.04. The van der Waals surface area contributed by atoms with Crippen molar-refractivity contribution in [2.75, 3.05) is 5.32 Å². The monoisotopic (exact) mass is 328 g/mol. The van der Waals surface area contributed by atoms with Gasteiger partial charge in [-0.1, -0.05) is 29.8 Å². The van der Waals surface area contributed by atoms with Gasteiger partial charge in [-0.25, -0.2) is 0 Å². The summed E-state index contributed by atoms with van der Waals surface area (Å²) < 4.78 is 5.71. The number of hydrogen-bond donors (Lipinski definition) is 2. The van der Waals surface area contributed by atoms with Crippen LogP contribution in [-0.4, -0.2) is 17.1 Å². The summed E-state index contributed by atoms with van der Waals surface area (Å²) in [4.78, 5) is 12.1. The molecule has 120 valence electrons. The molecular formula is C18H20N2O2S. The summed E-state index contributed by atoms with van der Waals surface area (Å²) in [5, 5.41) is 5.90. The normalized spacial score (nSPS) is 10.3. The Labute approximate surface area is 141 Å². The average Bonchev–Trinajstić information content (AvgIpc) is 2.49. The lowest BCUT2D eigenvalue weighted by Crippen LogP contribution is -2.34. The summed E-state index contributed by atoms with van der Waals surface area (Å²) in [7, 11) is 0. The molecule has 0 heterocycles. The number of thiocarbonyl (C=S) groups is 1. The maximum absolute atomic E-state index is 12.1. The molecule has 5 heteroatoms. The molecule has 0 radical (unpaired) electrons. The van der Waals surface area contributed by atoms with Crippen LogP contribution in [0.1, 0.15) is 29.8 Å². The van der Waals surface area contributed by atoms with Crippen molar-refractivity contribution in [3.8, 4) is 5.75 Å². The molecule has 2 rings (SSSR count). The van der Waals surface area contributed by atoms with Crippen molar-refractivity contribution in [2.45, 2.75) is 26.9 Å². The smallest absolute Gasteiger partial charge is 0.257 e. The molecule has 0 bridgehead atoms. The molecule has 0 aliphatic rings. The van der Waals surface area contributed by atoms with Gasteiger partial charge >= 0.3 is 0 Å². The van der Waals surface area contributed by atoms with E-state index < -0.39 is 0 Å². The third kappa shape index (κ3) is 5.07. The van der Waals surface area contributed by atoms with Crippen LogP contribution >= 0.6 is 12.2 Å². The molecule has 0 saturated heterocycles. The first-order valence-corrected chi connectivity index (χ1v) is 7.81. The van der Waals surface area contributed by atoms with Crippen molar-refractivity contribution in [2.24, 2.45) is 0 Å². The van der Waals surface area contributed by atoms with E-state index >= 15 is 0 Å². The lowest BCUT2D eigenvalue weighted by atomic mass is 10.1. The van der Waals surface area contributed by atoms with Crippen molar-refractivity contribution >= 4 is 28.9 Å². The van der Waals surface area contributed by atoms with Crippen molar-refractivity contribution in [3.63, 3.8) is 0 Å². The van der Waals surface area contributed by atoms with Crippen LogP contribution in [0, 0.1) is 6.92 Å². The molecule has 4 nitrogen and oxygen atoms in total. The highest BCUT2D eigenvalue weighted by molar-refractivity contribution is 7.80. The van der Waals surface area contributed by atoms with E-state index in [1.165, 1.54) is 0 Å². The zero-order valence-electron chi connectivity index (χ0n) is 13.4. The van der Waals surface area contributed by atoms with Crippen LogP contribution in [0.5, 0.6) is 5.75 Å². The fraction of sp³-hybridized carbons (Fsp3) is 0.222. The number of ether oxygens (including phenoxy) is 1. The number of anilines is 1. The summed E-state index contributed by atoms with van der Waals surface area (Å²) in [6.07, 6.45) is 0.0497. The molecule has 2 aromatic carbocycles. The summed E-state index contributed by atoms with van der Waals surface area (Å²) in [6.45, 7) is 5.88. The Morgan fingerprint density at radius 3 is 2.39 bits per heavy atom. The highest BCUT2D eigenvalue weighted by Crippen LogP contribution is 2.24. The molecule has 1 amide bonds. The number of benzene rings is 2. The summed E-state index contributed by atoms with van der Waals surface area (Å²) in [5.41, 5.74) is 2.38. The molecule has 0 aliphatic carbocycles. The average molecular weight is 328 g/mol. The fourth-order valence-electron chi connectivity index (χ4n) is 1.96. The molecule has 2 aromatic rings. The number of carbonyl (C=O) groups is 1. The second-order valence-corrected chi connectivity index (χ2v) is 5.85. The maximum Gasteiger partial charge on any atom is 0.257 e. The van der Waals surface area contributed by atoms with Crippen molar-refractivity contribution < 1.29 is 9.53 Å². The Morgan fingerprint density at radius 1 is 1.09 bits per heavy atom. The predicted octanol–water partition coefficient (Wildman–Crippen LogP) is 3.91. The van der Waals surface area contributed by atoms with Gasteiger partial charge in [-0.2, -0.15) is 0 Å². The van der Waals surface area contributed by atoms with Crippen molar-refractivity contribution in [1.82, 2.24) is 5.32 Å². The number of carbonyl (C=O) groups excluding carboxylic acids is 1. The second kappa shape index (κ2) is 7.74. The minimum atomic E-state index is -0.246. The van der Waals surface area contributed by atoms with Gasteiger partial charge in [0.2, 0.25) is 0 Å². The highest BCUT2D eigenvalue weighted by Gasteiger charge is 2.10. The van der Waals surface area contributed by atoms with Crippen LogP contribution in [0.3, 0.4) is 0 Å². The van der Waals surface area contributed by atoms with Crippen LogP contribution < -0.4 is 15.4 Å². The molecule has 0 spiro atoms. The van der Waals surface area contributed by atoms with Gasteiger partial charge in [0, 0.05) is 5.56 Å². The minimum absolute atomic E-state index is 0.0497. The van der Waals surface area contributed by atoms with Gasteiger partial charge in [0.1, 0.15) is 5.75 Å². The van der Waals surface area contributed by atoms with Crippen molar-refractivity contribution in [3.05, 3.63) is 59.7 Å². The summed E-state index contributed by atoms with van der Waals surface area (Å²) in [5.74, 6) is 0.444. The van der Waals surface area contributed by atoms with E-state index in [0.717, 1.165) is 11.3 Å². The highest BCUT2D eigenvalue weighted by atomic mass is 32.1. The third-order valence-corrected chi connectivity index (χ3v) is 3.24. The number of rotatable bonds is 4. The number of amides is 1. The quantitative estimate of drug-likeness (QED) is 0.836. The minimum Gasteiger partial charge on any atom is -0.489 e. The van der Waals surface area contributed by atoms with Crippen LogP contribution in [0.4, 0.5) is 5.69 Å². The van der Waals surface area contributed by atoms with E-state index in [9.17, 15) is 4.79 Å². The van der Waals surface area contributed by atoms with Crippen LogP contribution in [0.2, 0.25) is 0 Å². The van der Waals surface area contributed by atoms with Gasteiger partial charge in [0.15, 0.2) is 5.11 Å². The zero-order valence-corrected chi connectivity index (χ0v) is 14.2. The van der Waals surface area contributed by atoms with E-state index in [1.54, 1.807) is 12.1 Å². The van der Waals surface area contributed by atoms with Crippen molar-refractivity contribution in [1.29, 1.82) is 0 Å². The first kappa shape index (κ1) is 17.0. The Morgan fingerprint density at radius 2 is 1.74 bits per heavy atom. The Hall–Kier alpha value is -2.40. The predicted molar refractivity (Wildman–Crippen MR) is 97.1 cm³/mol. The molecule has 0 saturated carbocycles. The van der Waals surface area contributed by atoms with E-state index in [1.807, 2.05) is 57.2 Å². The van der Waals surface area contributed by atoms with Crippen LogP contribution in [-0.2, 0) is 0 Å². The lowest BCUT2D eigenvalue weighted by Gasteiger charge is -2.16. The summed E-state index contributed by atoms with van der Waals surface area (Å²) >= 11 is 5.21. The fourth-order valence-corrected chi connectivity index (χ4v) is 2.16. The van der Waals surface area contributed by atoms with Gasteiger partial charge in [-0.3, -0.25) is 10.1 Å². The topological polar surface area (TPSA) is 50.4 Å². The number of hydrogen-bond acceptors (Lipinski definition) is 3. The molecule has 0 aliphatic heterocycles. The Balaban J connectivity index is 2.02. The number of aryl methyl sites for hydroxylation is 1. The maximum atomic E-state index is 12.1. The standard InChI is InChI=1S/C18H20N2O2S/c1-12(2)22-16-7-5-4-6-15(16)19-18(23)20-17(21)14-10-8-13(3)9-11-14/h4-12H,1-3H3,(H2,19,20,21,23). The first-order valence-electron chi connectivity index (χ1n) is 7.40. The SMILES string of the molecule is Cc1ccc(C(=O)NC(=S)Nc2ccccc2OC(C)C)cc1. The second-order valence-electron chi connectivity index (χ2n) is 5.44. The van der Waals surface area contributed by atoms with E-state index in [-0.39, 0.29) is 17.1 Å². The first-order chi connectivity index (χ1) is 11.0. The van der Waals surface area contributed by atoms with Crippen LogP contribution in [0.25, 0.3) is 0 Å². The summed E-state index contributed by atoms with van der Waals surface area (Å²) in [6, 6.07) is 14.8. The molecule has 0 unspecified atom stereocenters. The largest absolute Gasteiger partial charge is 0.489 e. The molecule has 0 fully saturated rings. The van der Waals surface area contributed by atoms with Gasteiger partial charge in [0.25, 0.3) is 5.91 Å². The van der Waals surface area contributed by atoms with E-state index in [0.29, 0.717) is 11.3 Å². The van der Waals surface area contributed by atoms with Gasteiger partial charge in [0.05, 0.1) is 11.8 Å². The van der Waals surface area contributed by atoms with Crippen LogP contribution in [0.15, 0.2) is 48.5 Å². The number of nitrogens with one attached hydrogen (secondary N) is 2. The Bertz CT molecular complexity index is 696. The molecular weight excluding hydrogens is 308 g/mol. The van der Waals surface area contributed by atoms with Gasteiger partial charge in [-0.15, -0.1) is 0 Å². The lowest BCUT2D eigenvalue weighted by molar-refractivity contribution is 0.0977. The Kier molecular flexibility index (Phi) is 5.71. The zero-order chi connectivity index (χ0) is 16.8. The molecule has 0 aromatic heterocycles. The van der Waals surface area contributed by atoms with E-state index in [4.69, 9.17) is 17.0 Å².